The molecule has 5 aromatic rings. The number of Topliss-reactive ketones (excluding diaryl/α,β-unsaturated/α-hetero) is 1. The lowest BCUT2D eigenvalue weighted by Gasteiger charge is -2.26. The lowest BCUT2D eigenvalue weighted by molar-refractivity contribution is 0.0277. The number of carbonyl (C=O) groups is 1. The summed E-state index contributed by atoms with van der Waals surface area (Å²) in [5, 5.41) is 8.23. The predicted molar refractivity (Wildman–Crippen MR) is 136 cm³/mol. The molecule has 6 rings (SSSR count). The van der Waals surface area contributed by atoms with Gasteiger partial charge in [-0.15, -0.1) is 0 Å². The third-order valence-corrected chi connectivity index (χ3v) is 6.29. The normalized spacial score (nSPS) is 15.9. The Hall–Kier alpha value is -4.34. The Labute approximate surface area is 205 Å². The van der Waals surface area contributed by atoms with Gasteiger partial charge in [0.05, 0.1) is 18.2 Å². The van der Waals surface area contributed by atoms with Crippen molar-refractivity contribution in [3.05, 3.63) is 88.5 Å². The van der Waals surface area contributed by atoms with Crippen LogP contribution in [0.1, 0.15) is 28.9 Å². The van der Waals surface area contributed by atoms with Gasteiger partial charge in [-0.2, -0.15) is 4.98 Å². The Morgan fingerprint density at radius 1 is 1.17 bits per heavy atom. The maximum absolute atomic E-state index is 12.8. The van der Waals surface area contributed by atoms with E-state index in [4.69, 9.17) is 9.15 Å². The van der Waals surface area contributed by atoms with E-state index in [2.05, 4.69) is 26.7 Å². The van der Waals surface area contributed by atoms with Crippen molar-refractivity contribution in [3.63, 3.8) is 0 Å². The molecule has 0 spiro atoms. The SMILES string of the molecule is CC(=O)c1c(C2CNCCO2)c2ccc(Nc3nccc(-n4ccc5ccccc54)n3)cc2oc1=O. The average Bonchev–Trinajstić information content (AvgIpc) is 3.32. The van der Waals surface area contributed by atoms with Gasteiger partial charge in [-0.3, -0.25) is 4.79 Å². The summed E-state index contributed by atoms with van der Waals surface area (Å²) in [7, 11) is 0. The Balaban J connectivity index is 1.38. The first-order valence-corrected chi connectivity index (χ1v) is 11.7. The molecule has 4 heterocycles. The van der Waals surface area contributed by atoms with E-state index < -0.39 is 11.7 Å². The lowest BCUT2D eigenvalue weighted by Crippen LogP contribution is -2.35. The minimum Gasteiger partial charge on any atom is -0.422 e. The van der Waals surface area contributed by atoms with E-state index in [0.29, 0.717) is 41.3 Å². The molecule has 1 atom stereocenters. The van der Waals surface area contributed by atoms with E-state index >= 15 is 0 Å². The highest BCUT2D eigenvalue weighted by Gasteiger charge is 2.27. The quantitative estimate of drug-likeness (QED) is 0.285. The summed E-state index contributed by atoms with van der Waals surface area (Å²) in [5.41, 5.74) is 1.96. The topological polar surface area (TPSA) is 111 Å². The number of hydrogen-bond acceptors (Lipinski definition) is 8. The van der Waals surface area contributed by atoms with Crippen molar-refractivity contribution >= 4 is 39.3 Å². The van der Waals surface area contributed by atoms with Crippen molar-refractivity contribution in [1.82, 2.24) is 19.9 Å². The van der Waals surface area contributed by atoms with Crippen molar-refractivity contribution < 1.29 is 13.9 Å². The minimum atomic E-state index is -0.672. The van der Waals surface area contributed by atoms with Crippen LogP contribution in [0.4, 0.5) is 11.6 Å². The molecule has 0 amide bonds. The molecule has 0 radical (unpaired) electrons. The zero-order valence-electron chi connectivity index (χ0n) is 19.5. The molecule has 1 fully saturated rings. The number of carbonyl (C=O) groups excluding carboxylic acids is 1. The van der Waals surface area contributed by atoms with Gasteiger partial charge < -0.3 is 24.4 Å². The van der Waals surface area contributed by atoms with Crippen molar-refractivity contribution in [2.75, 3.05) is 25.0 Å². The second-order valence-electron chi connectivity index (χ2n) is 8.62. The Morgan fingerprint density at radius 2 is 2.06 bits per heavy atom. The number of fused-ring (bicyclic) bond motifs is 2. The summed E-state index contributed by atoms with van der Waals surface area (Å²) in [6, 6.07) is 17.3. The van der Waals surface area contributed by atoms with Crippen LogP contribution in [-0.2, 0) is 4.74 Å². The van der Waals surface area contributed by atoms with Crippen LogP contribution in [0.2, 0.25) is 0 Å². The summed E-state index contributed by atoms with van der Waals surface area (Å²) in [6.07, 6.45) is 3.24. The summed E-state index contributed by atoms with van der Waals surface area (Å²) >= 11 is 0. The Bertz CT molecular complexity index is 1670. The fourth-order valence-electron chi connectivity index (χ4n) is 4.68. The zero-order valence-corrected chi connectivity index (χ0v) is 19.5. The average molecular weight is 482 g/mol. The fraction of sp³-hybridized carbons (Fsp3) is 0.185. The van der Waals surface area contributed by atoms with Crippen LogP contribution in [0.3, 0.4) is 0 Å². The Kier molecular flexibility index (Phi) is 5.55. The number of anilines is 2. The van der Waals surface area contributed by atoms with Gasteiger partial charge in [0.15, 0.2) is 5.78 Å². The van der Waals surface area contributed by atoms with Crippen LogP contribution in [0.25, 0.3) is 27.7 Å². The molecule has 1 aliphatic rings. The van der Waals surface area contributed by atoms with E-state index in [1.807, 2.05) is 53.2 Å². The molecule has 2 N–H and O–H groups in total. The minimum absolute atomic E-state index is 0.0342. The van der Waals surface area contributed by atoms with Crippen molar-refractivity contribution in [1.29, 1.82) is 0 Å². The van der Waals surface area contributed by atoms with Gasteiger partial charge in [-0.1, -0.05) is 18.2 Å². The highest BCUT2D eigenvalue weighted by molar-refractivity contribution is 6.00. The Morgan fingerprint density at radius 3 is 2.89 bits per heavy atom. The van der Waals surface area contributed by atoms with Gasteiger partial charge in [-0.05, 0) is 42.6 Å². The predicted octanol–water partition coefficient (Wildman–Crippen LogP) is 4.13. The van der Waals surface area contributed by atoms with Crippen LogP contribution in [0.15, 0.2) is 76.2 Å². The van der Waals surface area contributed by atoms with Crippen LogP contribution in [-0.4, -0.2) is 40.0 Å². The number of morpholine rings is 1. The maximum atomic E-state index is 12.8. The van der Waals surface area contributed by atoms with E-state index in [9.17, 15) is 9.59 Å². The number of ether oxygens (including phenoxy) is 1. The van der Waals surface area contributed by atoms with Crippen LogP contribution < -0.4 is 16.3 Å². The highest BCUT2D eigenvalue weighted by atomic mass is 16.5. The van der Waals surface area contributed by atoms with Crippen LogP contribution in [0, 0.1) is 0 Å². The van der Waals surface area contributed by atoms with E-state index in [0.717, 1.165) is 23.3 Å². The van der Waals surface area contributed by atoms with Crippen LogP contribution in [0.5, 0.6) is 0 Å². The van der Waals surface area contributed by atoms with Gasteiger partial charge in [0.2, 0.25) is 5.95 Å². The zero-order chi connectivity index (χ0) is 24.6. The first-order chi connectivity index (χ1) is 17.6. The number of rotatable bonds is 5. The van der Waals surface area contributed by atoms with Crippen molar-refractivity contribution in [2.45, 2.75) is 13.0 Å². The number of nitrogens with one attached hydrogen (secondary N) is 2. The van der Waals surface area contributed by atoms with Gasteiger partial charge in [0.25, 0.3) is 0 Å². The molecule has 0 bridgehead atoms. The van der Waals surface area contributed by atoms with Gasteiger partial charge in [-0.25, -0.2) is 9.78 Å². The molecule has 0 saturated carbocycles. The number of hydrogen-bond donors (Lipinski definition) is 2. The van der Waals surface area contributed by atoms with Crippen LogP contribution >= 0.6 is 0 Å². The first kappa shape index (κ1) is 22.1. The number of para-hydroxylation sites is 1. The van der Waals surface area contributed by atoms with E-state index in [-0.39, 0.29) is 11.3 Å². The van der Waals surface area contributed by atoms with Gasteiger partial charge in [0.1, 0.15) is 17.0 Å². The van der Waals surface area contributed by atoms with Gasteiger partial charge in [0, 0.05) is 48.2 Å². The lowest BCUT2D eigenvalue weighted by atomic mass is 9.96. The van der Waals surface area contributed by atoms with Crippen molar-refractivity contribution in [2.24, 2.45) is 0 Å². The third-order valence-electron chi connectivity index (χ3n) is 6.29. The van der Waals surface area contributed by atoms with Crippen molar-refractivity contribution in [3.8, 4) is 5.82 Å². The highest BCUT2D eigenvalue weighted by Crippen LogP contribution is 2.31. The summed E-state index contributed by atoms with van der Waals surface area (Å²) in [4.78, 5) is 34.1. The molecule has 1 saturated heterocycles. The number of benzene rings is 2. The molecule has 180 valence electrons. The third kappa shape index (κ3) is 3.94. The summed E-state index contributed by atoms with van der Waals surface area (Å²) in [6.45, 7) is 3.09. The molecular weight excluding hydrogens is 458 g/mol. The smallest absolute Gasteiger partial charge is 0.347 e. The second kappa shape index (κ2) is 9.03. The molecule has 9 heteroatoms. The largest absolute Gasteiger partial charge is 0.422 e. The number of nitrogens with zero attached hydrogens (tertiary/aromatic N) is 3. The molecule has 3 aromatic heterocycles. The fourth-order valence-corrected chi connectivity index (χ4v) is 4.68. The summed E-state index contributed by atoms with van der Waals surface area (Å²) in [5.74, 6) is 0.767. The molecule has 1 unspecified atom stereocenters. The van der Waals surface area contributed by atoms with E-state index in [1.54, 1.807) is 12.3 Å². The number of aromatic nitrogens is 3. The first-order valence-electron chi connectivity index (χ1n) is 11.7. The van der Waals surface area contributed by atoms with E-state index in [1.165, 1.54) is 6.92 Å². The standard InChI is InChI=1S/C27H23N5O4/c1-16(33)24-25(22-15-28-11-13-35-22)19-7-6-18(14-21(19)36-26(24)34)30-27-29-10-8-23(31-27)32-12-9-17-4-2-3-5-20(17)32/h2-10,12,14,22,28H,11,13,15H2,1H3,(H,29,30,31). The molecule has 0 aliphatic carbocycles. The molecular formula is C27H23N5O4. The van der Waals surface area contributed by atoms with Gasteiger partial charge >= 0.3 is 5.63 Å². The molecule has 9 nitrogen and oxygen atoms in total. The summed E-state index contributed by atoms with van der Waals surface area (Å²) < 4.78 is 13.4. The molecule has 2 aromatic carbocycles. The molecule has 1 aliphatic heterocycles. The monoisotopic (exact) mass is 481 g/mol. The second-order valence-corrected chi connectivity index (χ2v) is 8.62. The maximum Gasteiger partial charge on any atom is 0.347 e. The number of ketones is 1. The molecule has 36 heavy (non-hydrogen) atoms.